The molecule has 0 aliphatic rings. The van der Waals surface area contributed by atoms with Gasteiger partial charge in [-0.25, -0.2) is 9.18 Å². The normalized spacial score (nSPS) is 12.2. The first-order valence-electron chi connectivity index (χ1n) is 6.74. The van der Waals surface area contributed by atoms with Crippen molar-refractivity contribution < 1.29 is 19.0 Å². The van der Waals surface area contributed by atoms with Crippen molar-refractivity contribution in [1.29, 1.82) is 0 Å². The van der Waals surface area contributed by atoms with Gasteiger partial charge in [0.05, 0.1) is 12.2 Å². The van der Waals surface area contributed by atoms with Gasteiger partial charge in [0.2, 0.25) is 0 Å². The Hall–Kier alpha value is -1.58. The predicted octanol–water partition coefficient (Wildman–Crippen LogP) is 4.12. The van der Waals surface area contributed by atoms with E-state index in [1.807, 2.05) is 0 Å². The molecule has 0 radical (unpaired) electrons. The number of rotatable bonds is 8. The van der Waals surface area contributed by atoms with Gasteiger partial charge in [0.15, 0.2) is 11.6 Å². The van der Waals surface area contributed by atoms with Crippen molar-refractivity contribution in [3.63, 3.8) is 0 Å². The molecule has 0 saturated heterocycles. The Kier molecular flexibility index (Phi) is 6.33. The summed E-state index contributed by atoms with van der Waals surface area (Å²) in [6.45, 7) is 4.70. The van der Waals surface area contributed by atoms with E-state index in [0.717, 1.165) is 31.7 Å². The van der Waals surface area contributed by atoms with Crippen LogP contribution in [0.15, 0.2) is 18.2 Å². The first kappa shape index (κ1) is 15.5. The summed E-state index contributed by atoms with van der Waals surface area (Å²) in [4.78, 5) is 10.7. The Balaban J connectivity index is 2.59. The molecule has 0 bridgehead atoms. The predicted molar refractivity (Wildman–Crippen MR) is 72.2 cm³/mol. The largest absolute Gasteiger partial charge is 0.490 e. The van der Waals surface area contributed by atoms with E-state index in [4.69, 9.17) is 9.84 Å². The molecule has 0 aliphatic heterocycles. The fourth-order valence-corrected chi connectivity index (χ4v) is 1.86. The molecule has 0 heterocycles. The van der Waals surface area contributed by atoms with Gasteiger partial charge in [-0.15, -0.1) is 0 Å². The summed E-state index contributed by atoms with van der Waals surface area (Å²) in [6.07, 6.45) is 4.34. The van der Waals surface area contributed by atoms with Crippen LogP contribution in [0.25, 0.3) is 0 Å². The van der Waals surface area contributed by atoms with Crippen molar-refractivity contribution in [2.24, 2.45) is 5.92 Å². The molecule has 106 valence electrons. The van der Waals surface area contributed by atoms with E-state index in [1.54, 1.807) is 0 Å². The molecule has 1 aromatic rings. The van der Waals surface area contributed by atoms with Crippen molar-refractivity contribution in [1.82, 2.24) is 0 Å². The lowest BCUT2D eigenvalue weighted by atomic mass is 10.0. The fraction of sp³-hybridized carbons (Fsp3) is 0.533. The van der Waals surface area contributed by atoms with E-state index in [0.29, 0.717) is 12.5 Å². The molecule has 4 heteroatoms. The zero-order chi connectivity index (χ0) is 14.3. The van der Waals surface area contributed by atoms with Gasteiger partial charge in [0.25, 0.3) is 0 Å². The van der Waals surface area contributed by atoms with E-state index in [2.05, 4.69) is 13.8 Å². The summed E-state index contributed by atoms with van der Waals surface area (Å²) < 4.78 is 19.1. The van der Waals surface area contributed by atoms with Crippen molar-refractivity contribution in [3.05, 3.63) is 29.6 Å². The number of hydrogen-bond donors (Lipinski definition) is 1. The molecule has 0 saturated carbocycles. The van der Waals surface area contributed by atoms with Crippen LogP contribution in [0.5, 0.6) is 5.75 Å². The van der Waals surface area contributed by atoms with E-state index < -0.39 is 11.8 Å². The highest BCUT2D eigenvalue weighted by molar-refractivity contribution is 5.87. The van der Waals surface area contributed by atoms with Gasteiger partial charge < -0.3 is 9.84 Å². The van der Waals surface area contributed by atoms with Gasteiger partial charge >= 0.3 is 5.97 Å². The van der Waals surface area contributed by atoms with Crippen molar-refractivity contribution in [3.8, 4) is 5.75 Å². The third-order valence-electron chi connectivity index (χ3n) is 3.20. The second-order valence-corrected chi connectivity index (χ2v) is 4.68. The monoisotopic (exact) mass is 268 g/mol. The summed E-state index contributed by atoms with van der Waals surface area (Å²) in [5.41, 5.74) is -0.0668. The Bertz CT molecular complexity index is 418. The number of aromatic carboxylic acids is 1. The lowest BCUT2D eigenvalue weighted by Gasteiger charge is -2.16. The molecule has 0 amide bonds. The zero-order valence-corrected chi connectivity index (χ0v) is 11.5. The van der Waals surface area contributed by atoms with Crippen molar-refractivity contribution in [2.45, 2.75) is 39.5 Å². The molecular formula is C15H21FO3. The third kappa shape index (κ3) is 4.89. The summed E-state index contributed by atoms with van der Waals surface area (Å²) in [5, 5.41) is 8.75. The van der Waals surface area contributed by atoms with E-state index >= 15 is 0 Å². The minimum atomic E-state index is -1.14. The smallest absolute Gasteiger partial charge is 0.335 e. The number of unbranched alkanes of at least 4 members (excludes halogenated alkanes) is 1. The second-order valence-electron chi connectivity index (χ2n) is 4.68. The molecule has 1 unspecified atom stereocenters. The number of carboxylic acid groups (broad SMARTS) is 1. The van der Waals surface area contributed by atoms with E-state index in [-0.39, 0.29) is 11.3 Å². The zero-order valence-electron chi connectivity index (χ0n) is 11.5. The van der Waals surface area contributed by atoms with Crippen molar-refractivity contribution >= 4 is 5.97 Å². The standard InChI is InChI=1S/C15H21FO3/c1-3-5-6-11(4-2)10-19-14-8-7-12(15(17)18)9-13(14)16/h7-9,11H,3-6,10H2,1-2H3,(H,17,18). The summed E-state index contributed by atoms with van der Waals surface area (Å²) in [5.74, 6) is -1.22. The lowest BCUT2D eigenvalue weighted by molar-refractivity contribution is 0.0696. The minimum absolute atomic E-state index is 0.0668. The van der Waals surface area contributed by atoms with Gasteiger partial charge in [-0.05, 0) is 30.5 Å². The van der Waals surface area contributed by atoms with Gasteiger partial charge in [0.1, 0.15) is 0 Å². The Morgan fingerprint density at radius 2 is 2.16 bits per heavy atom. The molecular weight excluding hydrogens is 247 g/mol. The Morgan fingerprint density at radius 3 is 2.68 bits per heavy atom. The molecule has 0 aromatic heterocycles. The number of hydrogen-bond acceptors (Lipinski definition) is 2. The molecule has 0 fully saturated rings. The lowest BCUT2D eigenvalue weighted by Crippen LogP contribution is -2.12. The highest BCUT2D eigenvalue weighted by atomic mass is 19.1. The molecule has 19 heavy (non-hydrogen) atoms. The highest BCUT2D eigenvalue weighted by Gasteiger charge is 2.11. The molecule has 1 rings (SSSR count). The molecule has 1 atom stereocenters. The van der Waals surface area contributed by atoms with Crippen LogP contribution in [0.2, 0.25) is 0 Å². The maximum absolute atomic E-state index is 13.6. The van der Waals surface area contributed by atoms with Gasteiger partial charge in [-0.1, -0.05) is 33.1 Å². The molecule has 1 N–H and O–H groups in total. The number of halogens is 1. The van der Waals surface area contributed by atoms with Crippen LogP contribution < -0.4 is 4.74 Å². The van der Waals surface area contributed by atoms with E-state index in [1.165, 1.54) is 12.1 Å². The van der Waals surface area contributed by atoms with Crippen LogP contribution in [-0.4, -0.2) is 17.7 Å². The third-order valence-corrected chi connectivity index (χ3v) is 3.20. The van der Waals surface area contributed by atoms with Gasteiger partial charge in [-0.2, -0.15) is 0 Å². The average Bonchev–Trinajstić information content (AvgIpc) is 2.40. The van der Waals surface area contributed by atoms with Crippen LogP contribution >= 0.6 is 0 Å². The van der Waals surface area contributed by atoms with Gasteiger partial charge in [-0.3, -0.25) is 0 Å². The molecule has 0 spiro atoms. The molecule has 0 aliphatic carbocycles. The van der Waals surface area contributed by atoms with Gasteiger partial charge in [0, 0.05) is 0 Å². The minimum Gasteiger partial charge on any atom is -0.490 e. The van der Waals surface area contributed by atoms with Crippen molar-refractivity contribution in [2.75, 3.05) is 6.61 Å². The number of carbonyl (C=O) groups is 1. The number of carboxylic acids is 1. The SMILES string of the molecule is CCCCC(CC)COc1ccc(C(=O)O)cc1F. The first-order chi connectivity index (χ1) is 9.08. The maximum Gasteiger partial charge on any atom is 0.335 e. The molecule has 3 nitrogen and oxygen atoms in total. The van der Waals surface area contributed by atoms with E-state index in [9.17, 15) is 9.18 Å². The molecule has 1 aromatic carbocycles. The second kappa shape index (κ2) is 7.77. The van der Waals surface area contributed by atoms with Crippen LogP contribution in [0.3, 0.4) is 0 Å². The summed E-state index contributed by atoms with van der Waals surface area (Å²) in [6, 6.07) is 3.73. The highest BCUT2D eigenvalue weighted by Crippen LogP contribution is 2.21. The van der Waals surface area contributed by atoms with Crippen LogP contribution in [-0.2, 0) is 0 Å². The average molecular weight is 268 g/mol. The Morgan fingerprint density at radius 1 is 1.42 bits per heavy atom. The quantitative estimate of drug-likeness (QED) is 0.771. The maximum atomic E-state index is 13.6. The summed E-state index contributed by atoms with van der Waals surface area (Å²) in [7, 11) is 0. The van der Waals surface area contributed by atoms with Crippen LogP contribution in [0, 0.1) is 11.7 Å². The van der Waals surface area contributed by atoms with Crippen LogP contribution in [0.1, 0.15) is 49.9 Å². The summed E-state index contributed by atoms with van der Waals surface area (Å²) >= 11 is 0. The number of ether oxygens (including phenoxy) is 1. The topological polar surface area (TPSA) is 46.5 Å². The fourth-order valence-electron chi connectivity index (χ4n) is 1.86. The number of benzene rings is 1. The van der Waals surface area contributed by atoms with Crippen LogP contribution in [0.4, 0.5) is 4.39 Å². The Labute approximate surface area is 113 Å². The first-order valence-corrected chi connectivity index (χ1v) is 6.74.